The van der Waals surface area contributed by atoms with E-state index >= 15 is 0 Å². The highest BCUT2D eigenvalue weighted by Crippen LogP contribution is 2.26. The highest BCUT2D eigenvalue weighted by Gasteiger charge is 2.21. The number of aliphatic hydroxyl groups is 1. The molecule has 2 aromatic carbocycles. The van der Waals surface area contributed by atoms with E-state index in [1.165, 1.54) is 29.5 Å². The Labute approximate surface area is 157 Å². The van der Waals surface area contributed by atoms with Gasteiger partial charge < -0.3 is 10.4 Å². The Morgan fingerprint density at radius 1 is 1.26 bits per heavy atom. The van der Waals surface area contributed by atoms with Crippen molar-refractivity contribution in [3.05, 3.63) is 64.2 Å². The number of allylic oxidation sites excluding steroid dienone is 1. The second-order valence-electron chi connectivity index (χ2n) is 5.85. The van der Waals surface area contributed by atoms with Gasteiger partial charge in [0.25, 0.3) is 5.91 Å². The van der Waals surface area contributed by atoms with Crippen LogP contribution in [0, 0.1) is 6.92 Å². The summed E-state index contributed by atoms with van der Waals surface area (Å²) in [6, 6.07) is 9.72. The fraction of sp³-hybridized carbons (Fsp3) is 0.158. The molecule has 8 heteroatoms. The quantitative estimate of drug-likeness (QED) is 0.662. The number of aryl methyl sites for hydroxylation is 1. The topological polar surface area (TPSA) is 62.2 Å². The number of hydrogen-bond donors (Lipinski definition) is 2. The van der Waals surface area contributed by atoms with Crippen molar-refractivity contribution >= 4 is 39.2 Å². The van der Waals surface area contributed by atoms with Gasteiger partial charge in [-0.3, -0.25) is 4.79 Å². The minimum atomic E-state index is -4.38. The van der Waals surface area contributed by atoms with E-state index in [0.717, 1.165) is 10.8 Å². The van der Waals surface area contributed by atoms with Gasteiger partial charge in [-0.15, -0.1) is 11.3 Å². The summed E-state index contributed by atoms with van der Waals surface area (Å²) in [5.74, 6) is -0.365. The van der Waals surface area contributed by atoms with Crippen LogP contribution in [0.4, 0.5) is 18.9 Å². The van der Waals surface area contributed by atoms with Crippen LogP contribution < -0.4 is 5.32 Å². The molecule has 1 amide bonds. The van der Waals surface area contributed by atoms with Crippen LogP contribution in [0.25, 0.3) is 16.3 Å². The van der Waals surface area contributed by atoms with E-state index in [4.69, 9.17) is 5.11 Å². The molecule has 27 heavy (non-hydrogen) atoms. The second kappa shape index (κ2) is 7.50. The Bertz CT molecular complexity index is 1030. The fourth-order valence-corrected chi connectivity index (χ4v) is 3.36. The number of carbonyl (C=O) groups is 1. The number of halogens is 3. The molecule has 0 fully saturated rings. The normalized spacial score (nSPS) is 12.0. The predicted octanol–water partition coefficient (Wildman–Crippen LogP) is 4.92. The minimum Gasteiger partial charge on any atom is -0.389 e. The summed E-state index contributed by atoms with van der Waals surface area (Å²) in [7, 11) is 0. The standard InChI is InChI=1S/C19H15F3N2O2S/c1-11-8-12(6-7-19(20,21)22)2-4-14(11)18(26)23-13-3-5-16-15(9-13)24-17(10-25)27-16/h2-9,25H,10H2,1H3,(H,23,26). The third-order valence-electron chi connectivity index (χ3n) is 3.78. The zero-order chi connectivity index (χ0) is 19.6. The Balaban J connectivity index is 1.78. The first kappa shape index (κ1) is 19.1. The number of aliphatic hydroxyl groups excluding tert-OH is 1. The van der Waals surface area contributed by atoms with E-state index < -0.39 is 6.18 Å². The molecule has 1 heterocycles. The Hall–Kier alpha value is -2.71. The average molecular weight is 392 g/mol. The van der Waals surface area contributed by atoms with Crippen molar-refractivity contribution in [1.29, 1.82) is 0 Å². The Morgan fingerprint density at radius 2 is 2.04 bits per heavy atom. The lowest BCUT2D eigenvalue weighted by atomic mass is 10.0. The van der Waals surface area contributed by atoms with E-state index in [1.54, 1.807) is 25.1 Å². The number of rotatable bonds is 4. The maximum Gasteiger partial charge on any atom is 0.409 e. The van der Waals surface area contributed by atoms with Crippen LogP contribution >= 0.6 is 11.3 Å². The number of nitrogens with zero attached hydrogens (tertiary/aromatic N) is 1. The monoisotopic (exact) mass is 392 g/mol. The van der Waals surface area contributed by atoms with Gasteiger partial charge >= 0.3 is 6.18 Å². The molecule has 0 radical (unpaired) electrons. The molecule has 0 unspecified atom stereocenters. The van der Waals surface area contributed by atoms with E-state index in [-0.39, 0.29) is 18.6 Å². The highest BCUT2D eigenvalue weighted by molar-refractivity contribution is 7.18. The van der Waals surface area contributed by atoms with Crippen molar-refractivity contribution < 1.29 is 23.1 Å². The summed E-state index contributed by atoms with van der Waals surface area (Å²) in [5.41, 5.74) is 2.51. The van der Waals surface area contributed by atoms with Crippen molar-refractivity contribution in [3.8, 4) is 0 Å². The van der Waals surface area contributed by atoms with Gasteiger partial charge in [0.05, 0.1) is 16.8 Å². The number of nitrogens with one attached hydrogen (secondary N) is 1. The Kier molecular flexibility index (Phi) is 5.29. The lowest BCUT2D eigenvalue weighted by molar-refractivity contribution is -0.0790. The number of anilines is 1. The summed E-state index contributed by atoms with van der Waals surface area (Å²) in [4.78, 5) is 16.8. The highest BCUT2D eigenvalue weighted by atomic mass is 32.1. The van der Waals surface area contributed by atoms with E-state index in [1.807, 2.05) is 0 Å². The summed E-state index contributed by atoms with van der Waals surface area (Å²) >= 11 is 1.37. The molecule has 0 aliphatic heterocycles. The van der Waals surface area contributed by atoms with Crippen LogP contribution in [0.1, 0.15) is 26.5 Å². The number of benzene rings is 2. The van der Waals surface area contributed by atoms with Crippen LogP contribution in [0.3, 0.4) is 0 Å². The minimum absolute atomic E-state index is 0.143. The Morgan fingerprint density at radius 3 is 2.70 bits per heavy atom. The number of thiazole rings is 1. The van der Waals surface area contributed by atoms with E-state index in [9.17, 15) is 18.0 Å². The number of aromatic nitrogens is 1. The first-order valence-corrected chi connectivity index (χ1v) is 8.75. The van der Waals surface area contributed by atoms with Crippen molar-refractivity contribution in [2.75, 3.05) is 5.32 Å². The van der Waals surface area contributed by atoms with Crippen LogP contribution in [-0.2, 0) is 6.61 Å². The number of fused-ring (bicyclic) bond motifs is 1. The molecular formula is C19H15F3N2O2S. The molecule has 0 saturated carbocycles. The van der Waals surface area contributed by atoms with Crippen LogP contribution in [-0.4, -0.2) is 22.2 Å². The summed E-state index contributed by atoms with van der Waals surface area (Å²) < 4.78 is 37.7. The first-order valence-electron chi connectivity index (χ1n) is 7.93. The zero-order valence-electron chi connectivity index (χ0n) is 14.2. The summed E-state index contributed by atoms with van der Waals surface area (Å²) in [6.45, 7) is 1.52. The van der Waals surface area contributed by atoms with E-state index in [0.29, 0.717) is 32.9 Å². The summed E-state index contributed by atoms with van der Waals surface area (Å²) in [5, 5.41) is 12.5. The molecule has 4 nitrogen and oxygen atoms in total. The number of carbonyl (C=O) groups excluding carboxylic acids is 1. The van der Waals surface area contributed by atoms with Crippen molar-refractivity contribution in [3.63, 3.8) is 0 Å². The number of alkyl halides is 3. The molecule has 2 N–H and O–H groups in total. The third kappa shape index (κ3) is 4.72. The van der Waals surface area contributed by atoms with Gasteiger partial charge in [0, 0.05) is 17.3 Å². The van der Waals surface area contributed by atoms with Crippen molar-refractivity contribution in [1.82, 2.24) is 4.98 Å². The number of hydrogen-bond acceptors (Lipinski definition) is 4. The first-order chi connectivity index (χ1) is 12.7. The molecule has 0 aliphatic carbocycles. The van der Waals surface area contributed by atoms with Crippen LogP contribution in [0.2, 0.25) is 0 Å². The molecular weight excluding hydrogens is 377 g/mol. The predicted molar refractivity (Wildman–Crippen MR) is 99.8 cm³/mol. The molecule has 3 rings (SSSR count). The largest absolute Gasteiger partial charge is 0.409 e. The van der Waals surface area contributed by atoms with Gasteiger partial charge in [-0.25, -0.2) is 4.98 Å². The molecule has 140 valence electrons. The molecule has 1 aromatic heterocycles. The SMILES string of the molecule is Cc1cc(C=CC(F)(F)F)ccc1C(=O)Nc1ccc2sc(CO)nc2c1. The van der Waals surface area contributed by atoms with Gasteiger partial charge in [-0.1, -0.05) is 18.2 Å². The molecule has 0 spiro atoms. The summed E-state index contributed by atoms with van der Waals surface area (Å²) in [6.07, 6.45) is -3.26. The third-order valence-corrected chi connectivity index (χ3v) is 4.81. The molecule has 0 saturated heterocycles. The number of amides is 1. The second-order valence-corrected chi connectivity index (χ2v) is 6.97. The van der Waals surface area contributed by atoms with Crippen LogP contribution in [0.5, 0.6) is 0 Å². The molecule has 0 aliphatic rings. The van der Waals surface area contributed by atoms with Gasteiger partial charge in [-0.2, -0.15) is 13.2 Å². The van der Waals surface area contributed by atoms with Crippen LogP contribution in [0.15, 0.2) is 42.5 Å². The van der Waals surface area contributed by atoms with Crippen molar-refractivity contribution in [2.24, 2.45) is 0 Å². The maximum absolute atomic E-state index is 12.5. The van der Waals surface area contributed by atoms with Gasteiger partial charge in [0.15, 0.2) is 0 Å². The fourth-order valence-electron chi connectivity index (χ4n) is 2.55. The molecule has 0 bridgehead atoms. The van der Waals surface area contributed by atoms with Gasteiger partial charge in [0.2, 0.25) is 0 Å². The van der Waals surface area contributed by atoms with Gasteiger partial charge in [0.1, 0.15) is 5.01 Å². The van der Waals surface area contributed by atoms with E-state index in [2.05, 4.69) is 10.3 Å². The lowest BCUT2D eigenvalue weighted by Gasteiger charge is -2.09. The smallest absolute Gasteiger partial charge is 0.389 e. The van der Waals surface area contributed by atoms with Crippen molar-refractivity contribution in [2.45, 2.75) is 19.7 Å². The molecule has 3 aromatic rings. The molecule has 0 atom stereocenters. The maximum atomic E-state index is 12.5. The zero-order valence-corrected chi connectivity index (χ0v) is 15.0. The van der Waals surface area contributed by atoms with Gasteiger partial charge in [-0.05, 0) is 42.3 Å². The lowest BCUT2D eigenvalue weighted by Crippen LogP contribution is -2.13. The average Bonchev–Trinajstić information content (AvgIpc) is 3.01.